The average molecular weight is 634 g/mol. The minimum atomic E-state index is -4.35. The molecule has 0 unspecified atom stereocenters. The maximum atomic E-state index is 12.8. The number of aromatic nitrogens is 2. The SMILES string of the molecule is Br.CN1CCN(c2ccc(C(=O)Nc3n[nH]c4cc(OCCOCc5ccc(C(F)(F)F)cc5)ccc34)cc2)CC1. The van der Waals surface area contributed by atoms with Gasteiger partial charge >= 0.3 is 6.18 Å². The Hall–Kier alpha value is -3.61. The molecule has 0 atom stereocenters. The number of amides is 1. The number of hydrogen-bond donors (Lipinski definition) is 2. The molecule has 41 heavy (non-hydrogen) atoms. The van der Waals surface area contributed by atoms with Crippen LogP contribution in [0.4, 0.5) is 24.7 Å². The summed E-state index contributed by atoms with van der Waals surface area (Å²) in [6.07, 6.45) is -4.35. The van der Waals surface area contributed by atoms with Gasteiger partial charge in [-0.05, 0) is 61.1 Å². The number of likely N-dealkylation sites (N-methyl/N-ethyl adjacent to an activating group) is 1. The number of piperazine rings is 1. The molecule has 3 aromatic carbocycles. The Balaban J connectivity index is 0.00000387. The van der Waals surface area contributed by atoms with Crippen LogP contribution in [0, 0.1) is 0 Å². The van der Waals surface area contributed by atoms with E-state index in [0.29, 0.717) is 28.2 Å². The molecule has 0 spiro atoms. The first kappa shape index (κ1) is 30.4. The molecule has 0 saturated carbocycles. The standard InChI is InChI=1S/C29H30F3N5O3.BrH/c1-36-12-14-37(15-13-36)23-8-4-21(5-9-23)28(38)33-27-25-11-10-24(18-26(25)34-35-27)40-17-16-39-19-20-2-6-22(7-3-20)29(30,31)32;/h2-11,18H,12-17,19H2,1H3,(H2,33,34,35,38);1H. The van der Waals surface area contributed by atoms with Crippen molar-refractivity contribution in [2.45, 2.75) is 12.8 Å². The van der Waals surface area contributed by atoms with Gasteiger partial charge in [0.05, 0.1) is 24.3 Å². The van der Waals surface area contributed by atoms with E-state index < -0.39 is 11.7 Å². The summed E-state index contributed by atoms with van der Waals surface area (Å²) >= 11 is 0. The molecule has 0 radical (unpaired) electrons. The smallest absolute Gasteiger partial charge is 0.416 e. The minimum Gasteiger partial charge on any atom is -0.491 e. The van der Waals surface area contributed by atoms with Gasteiger partial charge in [-0.3, -0.25) is 9.89 Å². The topological polar surface area (TPSA) is 82.7 Å². The van der Waals surface area contributed by atoms with Crippen molar-refractivity contribution in [3.05, 3.63) is 83.4 Å². The first-order valence-electron chi connectivity index (χ1n) is 13.0. The van der Waals surface area contributed by atoms with Crippen molar-refractivity contribution < 1.29 is 27.4 Å². The summed E-state index contributed by atoms with van der Waals surface area (Å²) in [6.45, 7) is 4.65. The molecule has 0 bridgehead atoms. The summed E-state index contributed by atoms with van der Waals surface area (Å²) in [5.41, 5.74) is 2.31. The van der Waals surface area contributed by atoms with E-state index in [1.165, 1.54) is 12.1 Å². The zero-order valence-corrected chi connectivity index (χ0v) is 24.1. The largest absolute Gasteiger partial charge is 0.491 e. The van der Waals surface area contributed by atoms with Crippen LogP contribution in [0.3, 0.4) is 0 Å². The van der Waals surface area contributed by atoms with Crippen LogP contribution in [-0.4, -0.2) is 67.4 Å². The van der Waals surface area contributed by atoms with Gasteiger partial charge in [-0.1, -0.05) is 12.1 Å². The third kappa shape index (κ3) is 7.78. The molecule has 1 aliphatic rings. The Morgan fingerprint density at radius 3 is 2.37 bits per heavy atom. The third-order valence-corrected chi connectivity index (χ3v) is 6.81. The van der Waals surface area contributed by atoms with Crippen LogP contribution in [0.1, 0.15) is 21.5 Å². The van der Waals surface area contributed by atoms with Crippen molar-refractivity contribution in [2.24, 2.45) is 0 Å². The second kappa shape index (κ2) is 13.4. The molecule has 218 valence electrons. The van der Waals surface area contributed by atoms with E-state index in [2.05, 4.69) is 32.4 Å². The number of halogens is 4. The molecule has 12 heteroatoms. The monoisotopic (exact) mass is 633 g/mol. The lowest BCUT2D eigenvalue weighted by Gasteiger charge is -2.34. The Morgan fingerprint density at radius 2 is 1.68 bits per heavy atom. The van der Waals surface area contributed by atoms with Gasteiger partial charge in [-0.15, -0.1) is 17.0 Å². The van der Waals surface area contributed by atoms with Crippen LogP contribution in [0.2, 0.25) is 0 Å². The zero-order chi connectivity index (χ0) is 28.1. The summed E-state index contributed by atoms with van der Waals surface area (Å²) in [5.74, 6) is 0.769. The van der Waals surface area contributed by atoms with Crippen LogP contribution in [-0.2, 0) is 17.5 Å². The number of nitrogens with zero attached hydrogens (tertiary/aromatic N) is 3. The molecular weight excluding hydrogens is 603 g/mol. The van der Waals surface area contributed by atoms with Crippen molar-refractivity contribution in [3.63, 3.8) is 0 Å². The van der Waals surface area contributed by atoms with E-state index in [-0.39, 0.29) is 42.7 Å². The van der Waals surface area contributed by atoms with Crippen molar-refractivity contribution in [1.82, 2.24) is 15.1 Å². The number of carbonyl (C=O) groups is 1. The first-order valence-corrected chi connectivity index (χ1v) is 13.0. The lowest BCUT2D eigenvalue weighted by atomic mass is 10.1. The highest BCUT2D eigenvalue weighted by atomic mass is 79.9. The summed E-state index contributed by atoms with van der Waals surface area (Å²) in [6, 6.07) is 17.8. The molecule has 0 aliphatic carbocycles. The van der Waals surface area contributed by atoms with Crippen molar-refractivity contribution >= 4 is 45.3 Å². The van der Waals surface area contributed by atoms with Gasteiger partial charge in [0.1, 0.15) is 12.4 Å². The lowest BCUT2D eigenvalue weighted by Crippen LogP contribution is -2.44. The predicted molar refractivity (Wildman–Crippen MR) is 157 cm³/mol. The molecule has 1 fully saturated rings. The van der Waals surface area contributed by atoms with Gasteiger partial charge in [0.15, 0.2) is 5.82 Å². The number of fused-ring (bicyclic) bond motifs is 1. The molecule has 2 heterocycles. The number of rotatable bonds is 9. The average Bonchev–Trinajstić information content (AvgIpc) is 3.35. The molecule has 1 aromatic heterocycles. The normalized spacial score (nSPS) is 14.1. The fourth-order valence-corrected chi connectivity index (χ4v) is 4.45. The van der Waals surface area contributed by atoms with Crippen LogP contribution < -0.4 is 15.0 Å². The van der Waals surface area contributed by atoms with Crippen molar-refractivity contribution in [2.75, 3.05) is 56.7 Å². The first-order chi connectivity index (χ1) is 19.3. The molecule has 4 aromatic rings. The maximum Gasteiger partial charge on any atom is 0.416 e. The maximum absolute atomic E-state index is 12.8. The van der Waals surface area contributed by atoms with Gasteiger partial charge < -0.3 is 24.6 Å². The number of alkyl halides is 3. The van der Waals surface area contributed by atoms with Gasteiger partial charge in [-0.2, -0.15) is 18.3 Å². The molecular formula is C29H31BrF3N5O3. The molecule has 5 rings (SSSR count). The van der Waals surface area contributed by atoms with Gasteiger partial charge in [0.25, 0.3) is 5.91 Å². The van der Waals surface area contributed by atoms with E-state index in [0.717, 1.165) is 49.4 Å². The Morgan fingerprint density at radius 1 is 0.976 bits per heavy atom. The quantitative estimate of drug-likeness (QED) is 0.228. The van der Waals surface area contributed by atoms with E-state index in [4.69, 9.17) is 9.47 Å². The Bertz CT molecular complexity index is 1440. The van der Waals surface area contributed by atoms with Crippen LogP contribution >= 0.6 is 17.0 Å². The molecule has 2 N–H and O–H groups in total. The second-order valence-corrected chi connectivity index (χ2v) is 9.67. The number of ether oxygens (including phenoxy) is 2. The van der Waals surface area contributed by atoms with Gasteiger partial charge in [0, 0.05) is 48.9 Å². The molecule has 1 amide bonds. The van der Waals surface area contributed by atoms with E-state index in [9.17, 15) is 18.0 Å². The third-order valence-electron chi connectivity index (χ3n) is 6.81. The highest BCUT2D eigenvalue weighted by Crippen LogP contribution is 2.29. The van der Waals surface area contributed by atoms with Crippen LogP contribution in [0.5, 0.6) is 5.75 Å². The predicted octanol–water partition coefficient (Wildman–Crippen LogP) is 5.76. The van der Waals surface area contributed by atoms with Crippen molar-refractivity contribution in [1.29, 1.82) is 0 Å². The van der Waals surface area contributed by atoms with Crippen LogP contribution in [0.25, 0.3) is 10.9 Å². The number of anilines is 2. The van der Waals surface area contributed by atoms with Crippen molar-refractivity contribution in [3.8, 4) is 5.75 Å². The summed E-state index contributed by atoms with van der Waals surface area (Å²) in [4.78, 5) is 17.5. The minimum absolute atomic E-state index is 0. The Labute approximate surface area is 246 Å². The van der Waals surface area contributed by atoms with E-state index in [1.807, 2.05) is 30.3 Å². The zero-order valence-electron chi connectivity index (χ0n) is 22.4. The number of carbonyl (C=O) groups excluding carboxylic acids is 1. The molecule has 1 aliphatic heterocycles. The highest BCUT2D eigenvalue weighted by molar-refractivity contribution is 8.93. The fourth-order valence-electron chi connectivity index (χ4n) is 4.45. The summed E-state index contributed by atoms with van der Waals surface area (Å²) < 4.78 is 49.2. The number of nitrogens with one attached hydrogen (secondary N) is 2. The van der Waals surface area contributed by atoms with E-state index >= 15 is 0 Å². The lowest BCUT2D eigenvalue weighted by molar-refractivity contribution is -0.137. The number of benzene rings is 3. The number of aromatic amines is 1. The number of H-pyrrole nitrogens is 1. The fraction of sp³-hybridized carbons (Fsp3) is 0.310. The number of hydrogen-bond acceptors (Lipinski definition) is 6. The summed E-state index contributed by atoms with van der Waals surface area (Å²) in [5, 5.41) is 10.8. The van der Waals surface area contributed by atoms with Gasteiger partial charge in [0.2, 0.25) is 0 Å². The Kier molecular flexibility index (Phi) is 9.90. The summed E-state index contributed by atoms with van der Waals surface area (Å²) in [7, 11) is 2.12. The van der Waals surface area contributed by atoms with Gasteiger partial charge in [-0.25, -0.2) is 0 Å². The van der Waals surface area contributed by atoms with Crippen LogP contribution in [0.15, 0.2) is 66.7 Å². The second-order valence-electron chi connectivity index (χ2n) is 9.67. The highest BCUT2D eigenvalue weighted by Gasteiger charge is 2.29. The van der Waals surface area contributed by atoms with E-state index in [1.54, 1.807) is 12.1 Å². The molecule has 1 saturated heterocycles. The molecule has 8 nitrogen and oxygen atoms in total.